The van der Waals surface area contributed by atoms with Crippen molar-refractivity contribution >= 4 is 29.0 Å². The van der Waals surface area contributed by atoms with E-state index in [1.807, 2.05) is 25.7 Å². The normalized spacial score (nSPS) is 18.3. The topological polar surface area (TPSA) is 32.8 Å². The Bertz CT molecular complexity index is 628. The van der Waals surface area contributed by atoms with Crippen LogP contribution in [0.1, 0.15) is 32.8 Å². The van der Waals surface area contributed by atoms with Crippen molar-refractivity contribution in [1.82, 2.24) is 4.90 Å². The van der Waals surface area contributed by atoms with E-state index in [1.54, 1.807) is 31.0 Å². The monoisotopic (exact) mass is 338 g/mol. The minimum Gasteiger partial charge on any atom is -0.444 e. The maximum absolute atomic E-state index is 13.4. The molecule has 0 radical (unpaired) electrons. The number of likely N-dealkylation sites (N-methyl/N-ethyl adjacent to an activating group) is 1. The summed E-state index contributed by atoms with van der Waals surface area (Å²) < 4.78 is 18.8. The highest BCUT2D eigenvalue weighted by Gasteiger charge is 2.35. The van der Waals surface area contributed by atoms with Crippen LogP contribution in [0, 0.1) is 12.7 Å². The Hall–Kier alpha value is -1.69. The number of amides is 1. The number of benzene rings is 1. The molecule has 0 spiro atoms. The summed E-state index contributed by atoms with van der Waals surface area (Å²) in [6, 6.07) is 4.74. The standard InChI is InChI=1S/C17H23FN2O2S/c1-11-10-12(6-7-13(11)18)20-9-8-14(15(20)23)19(5)16(21)22-17(2,3)4/h6-7,10,14H,8-9H2,1-5H3. The highest BCUT2D eigenvalue weighted by molar-refractivity contribution is 7.80. The minimum atomic E-state index is -0.542. The summed E-state index contributed by atoms with van der Waals surface area (Å²) in [7, 11) is 1.70. The number of hydrogen-bond donors (Lipinski definition) is 0. The van der Waals surface area contributed by atoms with Gasteiger partial charge in [-0.2, -0.15) is 0 Å². The lowest BCUT2D eigenvalue weighted by atomic mass is 10.2. The summed E-state index contributed by atoms with van der Waals surface area (Å²) in [6.07, 6.45) is 0.340. The van der Waals surface area contributed by atoms with E-state index in [0.29, 0.717) is 17.1 Å². The third-order valence-corrected chi connectivity index (χ3v) is 4.27. The van der Waals surface area contributed by atoms with Gasteiger partial charge in [0.2, 0.25) is 0 Å². The summed E-state index contributed by atoms with van der Waals surface area (Å²) in [5.74, 6) is -0.235. The van der Waals surface area contributed by atoms with Crippen LogP contribution < -0.4 is 4.90 Å². The fraction of sp³-hybridized carbons (Fsp3) is 0.529. The van der Waals surface area contributed by atoms with Gasteiger partial charge in [0.15, 0.2) is 0 Å². The summed E-state index contributed by atoms with van der Waals surface area (Å²) in [4.78, 5) is 16.4. The quantitative estimate of drug-likeness (QED) is 0.766. The maximum atomic E-state index is 13.4. The van der Waals surface area contributed by atoms with Gasteiger partial charge in [0.05, 0.1) is 6.04 Å². The number of thiocarbonyl (C=S) groups is 1. The molecule has 1 fully saturated rings. The van der Waals surface area contributed by atoms with Crippen molar-refractivity contribution in [3.8, 4) is 0 Å². The summed E-state index contributed by atoms with van der Waals surface area (Å²) >= 11 is 5.54. The molecule has 1 aromatic rings. The van der Waals surface area contributed by atoms with Crippen molar-refractivity contribution in [3.63, 3.8) is 0 Å². The van der Waals surface area contributed by atoms with Crippen LogP contribution in [0.4, 0.5) is 14.9 Å². The molecular weight excluding hydrogens is 315 g/mol. The number of carbonyl (C=O) groups is 1. The number of carbonyl (C=O) groups excluding carboxylic acids is 1. The van der Waals surface area contributed by atoms with E-state index in [0.717, 1.165) is 12.1 Å². The average Bonchev–Trinajstić information content (AvgIpc) is 2.81. The Morgan fingerprint density at radius 2 is 2.09 bits per heavy atom. The molecule has 0 aromatic heterocycles. The molecule has 1 aliphatic rings. The first-order valence-corrected chi connectivity index (χ1v) is 8.04. The van der Waals surface area contributed by atoms with Crippen molar-refractivity contribution in [3.05, 3.63) is 29.6 Å². The third-order valence-electron chi connectivity index (χ3n) is 3.78. The smallest absolute Gasteiger partial charge is 0.410 e. The number of aryl methyl sites for hydroxylation is 1. The number of anilines is 1. The highest BCUT2D eigenvalue weighted by Crippen LogP contribution is 2.27. The van der Waals surface area contributed by atoms with E-state index in [2.05, 4.69) is 0 Å². The molecule has 23 heavy (non-hydrogen) atoms. The second kappa shape index (κ2) is 6.43. The van der Waals surface area contributed by atoms with Crippen molar-refractivity contribution in [2.75, 3.05) is 18.5 Å². The molecule has 1 heterocycles. The van der Waals surface area contributed by atoms with Crippen molar-refractivity contribution in [1.29, 1.82) is 0 Å². The Labute approximate surface area is 142 Å². The van der Waals surface area contributed by atoms with Crippen LogP contribution in [0.2, 0.25) is 0 Å². The molecule has 1 amide bonds. The van der Waals surface area contributed by atoms with Crippen LogP contribution in [0.15, 0.2) is 18.2 Å². The summed E-state index contributed by atoms with van der Waals surface area (Å²) in [6.45, 7) is 7.92. The van der Waals surface area contributed by atoms with Crippen LogP contribution in [-0.4, -0.2) is 41.2 Å². The zero-order chi connectivity index (χ0) is 17.4. The summed E-state index contributed by atoms with van der Waals surface area (Å²) in [5, 5.41) is 0. The molecule has 1 saturated heterocycles. The van der Waals surface area contributed by atoms with Crippen molar-refractivity contribution < 1.29 is 13.9 Å². The first-order chi connectivity index (χ1) is 10.6. The maximum Gasteiger partial charge on any atom is 0.410 e. The zero-order valence-corrected chi connectivity index (χ0v) is 15.0. The molecule has 0 bridgehead atoms. The van der Waals surface area contributed by atoms with E-state index < -0.39 is 5.60 Å². The van der Waals surface area contributed by atoms with Gasteiger partial charge in [-0.3, -0.25) is 0 Å². The van der Waals surface area contributed by atoms with Gasteiger partial charge in [-0.15, -0.1) is 0 Å². The Balaban J connectivity index is 2.12. The first kappa shape index (κ1) is 17.7. The van der Waals surface area contributed by atoms with Gasteiger partial charge in [0.1, 0.15) is 16.4 Å². The number of hydrogen-bond acceptors (Lipinski definition) is 3. The van der Waals surface area contributed by atoms with Crippen LogP contribution in [0.3, 0.4) is 0 Å². The van der Waals surface area contributed by atoms with E-state index in [4.69, 9.17) is 17.0 Å². The second-order valence-corrected chi connectivity index (χ2v) is 7.24. The average molecular weight is 338 g/mol. The van der Waals surface area contributed by atoms with Gasteiger partial charge < -0.3 is 14.5 Å². The fourth-order valence-electron chi connectivity index (χ4n) is 2.54. The summed E-state index contributed by atoms with van der Waals surface area (Å²) in [5.41, 5.74) is 0.891. The van der Waals surface area contributed by atoms with Gasteiger partial charge >= 0.3 is 6.09 Å². The van der Waals surface area contributed by atoms with Gasteiger partial charge in [0, 0.05) is 19.3 Å². The molecular formula is C17H23FN2O2S. The fourth-order valence-corrected chi connectivity index (χ4v) is 3.01. The van der Waals surface area contributed by atoms with Crippen LogP contribution in [0.25, 0.3) is 0 Å². The van der Waals surface area contributed by atoms with Crippen LogP contribution in [0.5, 0.6) is 0 Å². The minimum absolute atomic E-state index is 0.190. The Morgan fingerprint density at radius 3 is 2.65 bits per heavy atom. The lowest BCUT2D eigenvalue weighted by Gasteiger charge is -2.29. The van der Waals surface area contributed by atoms with Gasteiger partial charge in [0.25, 0.3) is 0 Å². The van der Waals surface area contributed by atoms with E-state index in [-0.39, 0.29) is 18.0 Å². The lowest BCUT2D eigenvalue weighted by molar-refractivity contribution is 0.0270. The SMILES string of the molecule is Cc1cc(N2CCC(N(C)C(=O)OC(C)(C)C)C2=S)ccc1F. The third kappa shape index (κ3) is 3.99. The number of ether oxygens (including phenoxy) is 1. The first-order valence-electron chi connectivity index (χ1n) is 7.63. The molecule has 6 heteroatoms. The zero-order valence-electron chi connectivity index (χ0n) is 14.2. The molecule has 1 aliphatic heterocycles. The molecule has 0 saturated carbocycles. The number of nitrogens with zero attached hydrogens (tertiary/aromatic N) is 2. The molecule has 126 valence electrons. The van der Waals surface area contributed by atoms with Gasteiger partial charge in [-0.1, -0.05) is 12.2 Å². The lowest BCUT2D eigenvalue weighted by Crippen LogP contribution is -2.44. The molecule has 2 rings (SSSR count). The van der Waals surface area contributed by atoms with Gasteiger partial charge in [-0.05, 0) is 57.9 Å². The number of rotatable bonds is 2. The van der Waals surface area contributed by atoms with Gasteiger partial charge in [-0.25, -0.2) is 9.18 Å². The highest BCUT2D eigenvalue weighted by atomic mass is 32.1. The second-order valence-electron chi connectivity index (χ2n) is 6.82. The largest absolute Gasteiger partial charge is 0.444 e. The predicted molar refractivity (Wildman–Crippen MR) is 93.5 cm³/mol. The molecule has 1 aromatic carbocycles. The molecule has 1 atom stereocenters. The predicted octanol–water partition coefficient (Wildman–Crippen LogP) is 3.91. The van der Waals surface area contributed by atoms with Crippen LogP contribution in [-0.2, 0) is 4.74 Å². The molecule has 0 N–H and O–H groups in total. The van der Waals surface area contributed by atoms with E-state index in [9.17, 15) is 9.18 Å². The number of halogens is 1. The Morgan fingerprint density at radius 1 is 1.43 bits per heavy atom. The van der Waals surface area contributed by atoms with Crippen molar-refractivity contribution in [2.45, 2.75) is 45.8 Å². The van der Waals surface area contributed by atoms with E-state index in [1.165, 1.54) is 6.07 Å². The van der Waals surface area contributed by atoms with Crippen molar-refractivity contribution in [2.24, 2.45) is 0 Å². The van der Waals surface area contributed by atoms with Crippen LogP contribution >= 0.6 is 12.2 Å². The Kier molecular flexibility index (Phi) is 4.94. The van der Waals surface area contributed by atoms with E-state index >= 15 is 0 Å². The molecule has 4 nitrogen and oxygen atoms in total. The molecule has 0 aliphatic carbocycles. The molecule has 1 unspecified atom stereocenters.